The molecular formula is C18H18F4N4O3. The number of halogens is 4. The Morgan fingerprint density at radius 1 is 1.17 bits per heavy atom. The molecular weight excluding hydrogens is 396 g/mol. The summed E-state index contributed by atoms with van der Waals surface area (Å²) in [7, 11) is 1.41. The second-order valence-electron chi connectivity index (χ2n) is 6.38. The number of hydrogen-bond acceptors (Lipinski definition) is 4. The van der Waals surface area contributed by atoms with Crippen LogP contribution in [0, 0.1) is 19.8 Å². The standard InChI is InChI=1S/C18H18F4N4O3/c1-8-13(16(28)25-11-5-6-12(19)23-7-11)9(2)26(4)14(8)15(27)17(29)24-10(3)18(20,21)22/h5-7,10H,1-4H3,(H,24,29)(H,25,28). The van der Waals surface area contributed by atoms with E-state index in [9.17, 15) is 31.9 Å². The highest BCUT2D eigenvalue weighted by Crippen LogP contribution is 2.24. The summed E-state index contributed by atoms with van der Waals surface area (Å²) >= 11 is 0. The van der Waals surface area contributed by atoms with Gasteiger partial charge in [0, 0.05) is 12.7 Å². The number of carbonyl (C=O) groups is 3. The number of nitrogens with one attached hydrogen (secondary N) is 2. The average Bonchev–Trinajstić information content (AvgIpc) is 2.84. The van der Waals surface area contributed by atoms with Crippen LogP contribution in [0.4, 0.5) is 23.2 Å². The molecule has 2 heterocycles. The van der Waals surface area contributed by atoms with Gasteiger partial charge in [-0.05, 0) is 38.5 Å². The van der Waals surface area contributed by atoms with Crippen molar-refractivity contribution in [2.24, 2.45) is 7.05 Å². The van der Waals surface area contributed by atoms with E-state index < -0.39 is 35.8 Å². The Bertz CT molecular complexity index is 965. The second kappa shape index (κ2) is 8.02. The molecule has 0 aromatic carbocycles. The summed E-state index contributed by atoms with van der Waals surface area (Å²) < 4.78 is 52.0. The third-order valence-corrected chi connectivity index (χ3v) is 4.40. The van der Waals surface area contributed by atoms with Crippen molar-refractivity contribution >= 4 is 23.3 Å². The zero-order chi connectivity index (χ0) is 22.1. The molecule has 0 aliphatic rings. The van der Waals surface area contributed by atoms with E-state index in [0.717, 1.165) is 12.3 Å². The van der Waals surface area contributed by atoms with Crippen LogP contribution in [0.3, 0.4) is 0 Å². The maximum Gasteiger partial charge on any atom is 0.408 e. The minimum Gasteiger partial charge on any atom is -0.344 e. The van der Waals surface area contributed by atoms with E-state index in [0.29, 0.717) is 12.6 Å². The first kappa shape index (κ1) is 22.1. The number of rotatable bonds is 5. The normalized spacial score (nSPS) is 12.4. The van der Waals surface area contributed by atoms with Crippen molar-refractivity contribution in [1.29, 1.82) is 0 Å². The van der Waals surface area contributed by atoms with Crippen LogP contribution in [-0.2, 0) is 11.8 Å². The SMILES string of the molecule is Cc1c(C(=O)Nc2ccc(F)nc2)c(C)n(C)c1C(=O)C(=O)NC(C)C(F)(F)F. The van der Waals surface area contributed by atoms with Crippen molar-refractivity contribution in [2.45, 2.75) is 33.0 Å². The topological polar surface area (TPSA) is 93.1 Å². The molecule has 0 saturated heterocycles. The first-order valence-electron chi connectivity index (χ1n) is 8.35. The Hall–Kier alpha value is -3.24. The first-order chi connectivity index (χ1) is 13.3. The number of nitrogens with zero attached hydrogens (tertiary/aromatic N) is 2. The molecule has 2 amide bonds. The predicted octanol–water partition coefficient (Wildman–Crippen LogP) is 2.68. The number of hydrogen-bond donors (Lipinski definition) is 2. The molecule has 2 aromatic rings. The first-order valence-corrected chi connectivity index (χ1v) is 8.35. The van der Waals surface area contributed by atoms with E-state index in [-0.39, 0.29) is 22.5 Å². The van der Waals surface area contributed by atoms with Crippen LogP contribution >= 0.6 is 0 Å². The predicted molar refractivity (Wildman–Crippen MR) is 95.0 cm³/mol. The number of aromatic nitrogens is 2. The number of amides is 2. The number of pyridine rings is 1. The fourth-order valence-electron chi connectivity index (χ4n) is 2.73. The highest BCUT2D eigenvalue weighted by molar-refractivity contribution is 6.43. The molecule has 0 radical (unpaired) electrons. The van der Waals surface area contributed by atoms with Gasteiger partial charge < -0.3 is 15.2 Å². The molecule has 2 rings (SSSR count). The average molecular weight is 414 g/mol. The highest BCUT2D eigenvalue weighted by Gasteiger charge is 2.39. The van der Waals surface area contributed by atoms with E-state index >= 15 is 0 Å². The molecule has 1 atom stereocenters. The van der Waals surface area contributed by atoms with E-state index in [1.54, 1.807) is 5.32 Å². The van der Waals surface area contributed by atoms with Gasteiger partial charge in [0.2, 0.25) is 5.95 Å². The van der Waals surface area contributed by atoms with Gasteiger partial charge in [-0.3, -0.25) is 14.4 Å². The fourth-order valence-corrected chi connectivity index (χ4v) is 2.73. The van der Waals surface area contributed by atoms with Crippen molar-refractivity contribution in [1.82, 2.24) is 14.9 Å². The Morgan fingerprint density at radius 2 is 1.79 bits per heavy atom. The molecule has 156 valence electrons. The number of Topliss-reactive ketones (excluding diaryl/α,β-unsaturated/α-hetero) is 1. The van der Waals surface area contributed by atoms with Gasteiger partial charge in [0.05, 0.1) is 23.1 Å². The Labute approximate surface area is 163 Å². The molecule has 0 aliphatic carbocycles. The maximum absolute atomic E-state index is 12.9. The zero-order valence-electron chi connectivity index (χ0n) is 15.9. The van der Waals surface area contributed by atoms with Crippen molar-refractivity contribution in [2.75, 3.05) is 5.32 Å². The molecule has 7 nitrogen and oxygen atoms in total. The number of carbonyl (C=O) groups excluding carboxylic acids is 3. The summed E-state index contributed by atoms with van der Waals surface area (Å²) in [6.07, 6.45) is -3.61. The van der Waals surface area contributed by atoms with Crippen LogP contribution < -0.4 is 10.6 Å². The molecule has 2 aromatic heterocycles. The molecule has 1 unspecified atom stereocenters. The van der Waals surface area contributed by atoms with Crippen LogP contribution in [0.15, 0.2) is 18.3 Å². The number of anilines is 1. The fraction of sp³-hybridized carbons (Fsp3) is 0.333. The molecule has 0 aliphatic heterocycles. The summed E-state index contributed by atoms with van der Waals surface area (Å²) in [5, 5.41) is 4.09. The lowest BCUT2D eigenvalue weighted by Crippen LogP contribution is -2.46. The number of alkyl halides is 3. The minimum absolute atomic E-state index is 0.0665. The summed E-state index contributed by atoms with van der Waals surface area (Å²) in [4.78, 5) is 40.5. The lowest BCUT2D eigenvalue weighted by molar-refractivity contribution is -0.156. The van der Waals surface area contributed by atoms with E-state index in [4.69, 9.17) is 0 Å². The molecule has 0 bridgehead atoms. The largest absolute Gasteiger partial charge is 0.408 e. The van der Waals surface area contributed by atoms with Crippen LogP contribution in [-0.4, -0.2) is 39.4 Å². The van der Waals surface area contributed by atoms with Crippen molar-refractivity contribution < 1.29 is 31.9 Å². The van der Waals surface area contributed by atoms with E-state index in [2.05, 4.69) is 10.3 Å². The quantitative estimate of drug-likeness (QED) is 0.341. The van der Waals surface area contributed by atoms with Gasteiger partial charge in [-0.1, -0.05) is 0 Å². The Balaban J connectivity index is 2.31. The van der Waals surface area contributed by atoms with Crippen molar-refractivity contribution in [3.63, 3.8) is 0 Å². The maximum atomic E-state index is 12.9. The van der Waals surface area contributed by atoms with Crippen molar-refractivity contribution in [3.05, 3.63) is 46.8 Å². The lowest BCUT2D eigenvalue weighted by atomic mass is 10.1. The smallest absolute Gasteiger partial charge is 0.344 e. The molecule has 0 spiro atoms. The summed E-state index contributed by atoms with van der Waals surface area (Å²) in [5.74, 6) is -4.02. The highest BCUT2D eigenvalue weighted by atomic mass is 19.4. The lowest BCUT2D eigenvalue weighted by Gasteiger charge is -2.16. The molecule has 29 heavy (non-hydrogen) atoms. The third kappa shape index (κ3) is 4.61. The Morgan fingerprint density at radius 3 is 2.31 bits per heavy atom. The third-order valence-electron chi connectivity index (χ3n) is 4.40. The number of ketones is 1. The van der Waals surface area contributed by atoms with Gasteiger partial charge in [-0.2, -0.15) is 17.6 Å². The monoisotopic (exact) mass is 414 g/mol. The van der Waals surface area contributed by atoms with E-state index in [1.165, 1.54) is 31.5 Å². The van der Waals surface area contributed by atoms with Crippen LogP contribution in [0.2, 0.25) is 0 Å². The summed E-state index contributed by atoms with van der Waals surface area (Å²) in [6.45, 7) is 3.63. The van der Waals surface area contributed by atoms with Crippen LogP contribution in [0.25, 0.3) is 0 Å². The molecule has 0 fully saturated rings. The Kier molecular flexibility index (Phi) is 6.10. The molecule has 2 N–H and O–H groups in total. The molecule has 0 saturated carbocycles. The van der Waals surface area contributed by atoms with Gasteiger partial charge in [0.15, 0.2) is 0 Å². The van der Waals surface area contributed by atoms with Gasteiger partial charge in [0.1, 0.15) is 6.04 Å². The van der Waals surface area contributed by atoms with Gasteiger partial charge in [0.25, 0.3) is 17.6 Å². The van der Waals surface area contributed by atoms with Crippen molar-refractivity contribution in [3.8, 4) is 0 Å². The summed E-state index contributed by atoms with van der Waals surface area (Å²) in [6, 6.07) is 0.113. The minimum atomic E-state index is -4.71. The summed E-state index contributed by atoms with van der Waals surface area (Å²) in [5.41, 5.74) is 0.491. The zero-order valence-corrected chi connectivity index (χ0v) is 15.9. The van der Waals surface area contributed by atoms with Gasteiger partial charge in [-0.25, -0.2) is 4.98 Å². The second-order valence-corrected chi connectivity index (χ2v) is 6.38. The van der Waals surface area contributed by atoms with Crippen LogP contribution in [0.1, 0.15) is 39.0 Å². The van der Waals surface area contributed by atoms with Gasteiger partial charge >= 0.3 is 6.18 Å². The van der Waals surface area contributed by atoms with Crippen LogP contribution in [0.5, 0.6) is 0 Å². The van der Waals surface area contributed by atoms with Gasteiger partial charge in [-0.15, -0.1) is 0 Å². The molecule has 11 heteroatoms. The van der Waals surface area contributed by atoms with E-state index in [1.807, 2.05) is 0 Å².